The first-order valence-electron chi connectivity index (χ1n) is 7.08. The molecule has 0 heterocycles. The number of hydrogen-bond donors (Lipinski definition) is 2. The fraction of sp³-hybridized carbons (Fsp3) is 0.929. The van der Waals surface area contributed by atoms with Crippen molar-refractivity contribution in [3.05, 3.63) is 0 Å². The van der Waals surface area contributed by atoms with Crippen LogP contribution in [0.2, 0.25) is 0 Å². The normalized spacial score (nSPS) is 28.0. The van der Waals surface area contributed by atoms with Gasteiger partial charge in [0, 0.05) is 13.1 Å². The number of carboxylic acids is 1. The topological polar surface area (TPSA) is 70.0 Å². The van der Waals surface area contributed by atoms with Gasteiger partial charge in [0.15, 0.2) is 0 Å². The molecule has 0 bridgehead atoms. The molecule has 0 unspecified atom stereocenters. The third-order valence-electron chi connectivity index (χ3n) is 3.75. The highest BCUT2D eigenvalue weighted by molar-refractivity contribution is 5.70. The third kappa shape index (κ3) is 5.89. The Morgan fingerprint density at radius 3 is 2.47 bits per heavy atom. The summed E-state index contributed by atoms with van der Waals surface area (Å²) in [4.78, 5) is 12.9. The van der Waals surface area contributed by atoms with Crippen LogP contribution in [0.1, 0.15) is 39.5 Å². The van der Waals surface area contributed by atoms with Crippen molar-refractivity contribution in [1.82, 2.24) is 4.90 Å². The van der Waals surface area contributed by atoms with Crippen molar-refractivity contribution in [1.29, 1.82) is 0 Å². The maximum absolute atomic E-state index is 10.9. The third-order valence-corrected chi connectivity index (χ3v) is 3.75. The first-order valence-corrected chi connectivity index (χ1v) is 7.08. The highest BCUT2D eigenvalue weighted by atomic mass is 16.5. The van der Waals surface area contributed by atoms with E-state index < -0.39 is 11.6 Å². The van der Waals surface area contributed by atoms with E-state index in [0.29, 0.717) is 38.8 Å². The number of aliphatic carboxylic acids is 1. The van der Waals surface area contributed by atoms with Gasteiger partial charge in [-0.3, -0.25) is 4.79 Å². The number of carboxylic acid groups (broad SMARTS) is 1. The lowest BCUT2D eigenvalue weighted by Gasteiger charge is -2.37. The van der Waals surface area contributed by atoms with E-state index in [1.165, 1.54) is 0 Å². The fourth-order valence-corrected chi connectivity index (χ4v) is 2.59. The maximum atomic E-state index is 10.9. The Hall–Kier alpha value is -0.650. The zero-order chi connectivity index (χ0) is 14.5. The van der Waals surface area contributed by atoms with Gasteiger partial charge in [-0.05, 0) is 46.6 Å². The predicted octanol–water partition coefficient (Wildman–Crippen LogP) is 1.35. The van der Waals surface area contributed by atoms with Crippen LogP contribution in [0.25, 0.3) is 0 Å². The number of carbonyl (C=O) groups is 1. The Bertz CT molecular complexity index is 285. The molecule has 2 N–H and O–H groups in total. The Morgan fingerprint density at radius 2 is 2.00 bits per heavy atom. The summed E-state index contributed by atoms with van der Waals surface area (Å²) in [5, 5.41) is 19.4. The van der Waals surface area contributed by atoms with Crippen LogP contribution in [-0.4, -0.2) is 59.5 Å². The summed E-state index contributed by atoms with van der Waals surface area (Å²) in [7, 11) is 1.96. The van der Waals surface area contributed by atoms with Crippen molar-refractivity contribution in [2.24, 2.45) is 5.92 Å². The zero-order valence-corrected chi connectivity index (χ0v) is 12.3. The molecule has 0 aliphatic heterocycles. The second-order valence-corrected chi connectivity index (χ2v) is 5.99. The van der Waals surface area contributed by atoms with Crippen LogP contribution in [0.3, 0.4) is 0 Å². The summed E-state index contributed by atoms with van der Waals surface area (Å²) in [6.07, 6.45) is 2.51. The average Bonchev–Trinajstić information content (AvgIpc) is 2.28. The summed E-state index contributed by atoms with van der Waals surface area (Å²) >= 11 is 0. The Balaban J connectivity index is 2.29. The molecule has 5 heteroatoms. The van der Waals surface area contributed by atoms with Crippen molar-refractivity contribution in [2.45, 2.75) is 51.2 Å². The van der Waals surface area contributed by atoms with Gasteiger partial charge in [0.1, 0.15) is 0 Å². The van der Waals surface area contributed by atoms with Crippen LogP contribution in [0, 0.1) is 5.92 Å². The molecule has 0 aromatic heterocycles. The molecule has 5 nitrogen and oxygen atoms in total. The molecule has 1 saturated carbocycles. The standard InChI is InChI=1S/C14H27NO4/c1-11(2)19-9-8-15(3)10-14(18)6-4-12(5-7-14)13(16)17/h11-12,18H,4-10H2,1-3H3,(H,16,17). The van der Waals surface area contributed by atoms with Gasteiger partial charge in [-0.1, -0.05) is 0 Å². The molecule has 0 radical (unpaired) electrons. The van der Waals surface area contributed by atoms with E-state index in [0.717, 1.165) is 6.54 Å². The van der Waals surface area contributed by atoms with Gasteiger partial charge in [-0.25, -0.2) is 0 Å². The van der Waals surface area contributed by atoms with E-state index in [4.69, 9.17) is 9.84 Å². The monoisotopic (exact) mass is 273 g/mol. The quantitative estimate of drug-likeness (QED) is 0.732. The Kier molecular flexibility index (Phi) is 6.23. The van der Waals surface area contributed by atoms with Gasteiger partial charge >= 0.3 is 5.97 Å². The van der Waals surface area contributed by atoms with E-state index in [-0.39, 0.29) is 12.0 Å². The van der Waals surface area contributed by atoms with E-state index in [1.54, 1.807) is 0 Å². The largest absolute Gasteiger partial charge is 0.481 e. The first-order chi connectivity index (χ1) is 8.82. The molecule has 0 aromatic rings. The number of hydrogen-bond acceptors (Lipinski definition) is 4. The highest BCUT2D eigenvalue weighted by Crippen LogP contribution is 2.32. The molecule has 19 heavy (non-hydrogen) atoms. The van der Waals surface area contributed by atoms with Gasteiger partial charge in [0.05, 0.1) is 24.2 Å². The summed E-state index contributed by atoms with van der Waals surface area (Å²) in [6.45, 7) is 6.02. The minimum atomic E-state index is -0.738. The van der Waals surface area contributed by atoms with Gasteiger partial charge < -0.3 is 19.8 Å². The van der Waals surface area contributed by atoms with Crippen molar-refractivity contribution in [2.75, 3.05) is 26.7 Å². The van der Waals surface area contributed by atoms with Gasteiger partial charge in [-0.2, -0.15) is 0 Å². The maximum Gasteiger partial charge on any atom is 0.306 e. The van der Waals surface area contributed by atoms with Crippen molar-refractivity contribution in [3.8, 4) is 0 Å². The molecule has 0 saturated heterocycles. The van der Waals surface area contributed by atoms with Crippen LogP contribution in [0.4, 0.5) is 0 Å². The molecule has 0 atom stereocenters. The fourth-order valence-electron chi connectivity index (χ4n) is 2.59. The molecule has 0 spiro atoms. The summed E-state index contributed by atoms with van der Waals surface area (Å²) in [5.41, 5.74) is -0.738. The van der Waals surface area contributed by atoms with E-state index in [1.807, 2.05) is 20.9 Å². The minimum Gasteiger partial charge on any atom is -0.481 e. The van der Waals surface area contributed by atoms with Crippen LogP contribution < -0.4 is 0 Å². The number of likely N-dealkylation sites (N-methyl/N-ethyl adjacent to an activating group) is 1. The molecule has 112 valence electrons. The summed E-state index contributed by atoms with van der Waals surface area (Å²) in [6, 6.07) is 0. The van der Waals surface area contributed by atoms with Crippen LogP contribution in [0.15, 0.2) is 0 Å². The Morgan fingerprint density at radius 1 is 1.42 bits per heavy atom. The molecule has 0 aromatic carbocycles. The van der Waals surface area contributed by atoms with Crippen molar-refractivity contribution < 1.29 is 19.7 Å². The molecular formula is C14H27NO4. The van der Waals surface area contributed by atoms with E-state index in [9.17, 15) is 9.90 Å². The van der Waals surface area contributed by atoms with Crippen LogP contribution in [-0.2, 0) is 9.53 Å². The second-order valence-electron chi connectivity index (χ2n) is 5.99. The number of nitrogens with zero attached hydrogens (tertiary/aromatic N) is 1. The van der Waals surface area contributed by atoms with Crippen LogP contribution >= 0.6 is 0 Å². The zero-order valence-electron chi connectivity index (χ0n) is 12.3. The lowest BCUT2D eigenvalue weighted by Crippen LogP contribution is -2.45. The molecule has 1 aliphatic rings. The van der Waals surface area contributed by atoms with Gasteiger partial charge in [0.2, 0.25) is 0 Å². The number of ether oxygens (including phenoxy) is 1. The average molecular weight is 273 g/mol. The number of aliphatic hydroxyl groups is 1. The van der Waals surface area contributed by atoms with Gasteiger partial charge in [-0.15, -0.1) is 0 Å². The highest BCUT2D eigenvalue weighted by Gasteiger charge is 2.36. The molecule has 1 aliphatic carbocycles. The SMILES string of the molecule is CC(C)OCCN(C)CC1(O)CCC(C(=O)O)CC1. The van der Waals surface area contributed by atoms with Crippen LogP contribution in [0.5, 0.6) is 0 Å². The Labute approximate surface area is 115 Å². The molecule has 1 rings (SSSR count). The lowest BCUT2D eigenvalue weighted by molar-refractivity contribution is -0.145. The smallest absolute Gasteiger partial charge is 0.306 e. The predicted molar refractivity (Wildman–Crippen MR) is 73.1 cm³/mol. The molecule has 0 amide bonds. The summed E-state index contributed by atoms with van der Waals surface area (Å²) in [5.74, 6) is -1.02. The number of rotatable bonds is 7. The molecular weight excluding hydrogens is 246 g/mol. The van der Waals surface area contributed by atoms with E-state index >= 15 is 0 Å². The first kappa shape index (κ1) is 16.4. The van der Waals surface area contributed by atoms with Crippen molar-refractivity contribution in [3.63, 3.8) is 0 Å². The van der Waals surface area contributed by atoms with Crippen molar-refractivity contribution >= 4 is 5.97 Å². The second kappa shape index (κ2) is 7.22. The summed E-state index contributed by atoms with van der Waals surface area (Å²) < 4.78 is 5.48. The van der Waals surface area contributed by atoms with Gasteiger partial charge in [0.25, 0.3) is 0 Å². The van der Waals surface area contributed by atoms with E-state index in [2.05, 4.69) is 4.90 Å². The lowest BCUT2D eigenvalue weighted by atomic mass is 9.78. The minimum absolute atomic E-state index is 0.225. The molecule has 1 fully saturated rings.